The van der Waals surface area contributed by atoms with Crippen molar-refractivity contribution in [2.75, 3.05) is 6.54 Å². The third-order valence-electron chi connectivity index (χ3n) is 17.6. The van der Waals surface area contributed by atoms with Gasteiger partial charge in [0.15, 0.2) is 0 Å². The minimum absolute atomic E-state index is 0.382. The molecule has 7 saturated carbocycles. The summed E-state index contributed by atoms with van der Waals surface area (Å²) in [7, 11) is 0. The first-order valence-corrected chi connectivity index (χ1v) is 23.1. The summed E-state index contributed by atoms with van der Waals surface area (Å²) in [5, 5.41) is 0. The van der Waals surface area contributed by atoms with E-state index in [-0.39, 0.29) is 0 Å². The van der Waals surface area contributed by atoms with Crippen LogP contribution in [-0.4, -0.2) is 75.4 Å². The number of fused-ring (bicyclic) bond motifs is 4. The molecular formula is C45H75N3O. The molecule has 9 fully saturated rings. The average Bonchev–Trinajstić information content (AvgIpc) is 3.50. The second-order valence-corrected chi connectivity index (χ2v) is 19.7. The van der Waals surface area contributed by atoms with Crippen LogP contribution < -0.4 is 0 Å². The monoisotopic (exact) mass is 674 g/mol. The highest BCUT2D eigenvalue weighted by molar-refractivity contribution is 5.82. The molecule has 0 aromatic heterocycles. The molecular weight excluding hydrogens is 599 g/mol. The van der Waals surface area contributed by atoms with Crippen molar-refractivity contribution < 1.29 is 4.79 Å². The molecule has 7 unspecified atom stereocenters. The lowest BCUT2D eigenvalue weighted by Crippen LogP contribution is -2.55. The van der Waals surface area contributed by atoms with E-state index in [0.717, 1.165) is 78.9 Å². The summed E-state index contributed by atoms with van der Waals surface area (Å²) in [6.45, 7) is 1.07. The molecule has 0 radical (unpaired) electrons. The molecule has 0 amide bonds. The van der Waals surface area contributed by atoms with Gasteiger partial charge in [0.25, 0.3) is 0 Å². The lowest BCUT2D eigenvalue weighted by atomic mass is 9.70. The summed E-state index contributed by atoms with van der Waals surface area (Å²) in [5.41, 5.74) is 0. The van der Waals surface area contributed by atoms with E-state index in [0.29, 0.717) is 17.7 Å². The zero-order valence-electron chi connectivity index (χ0n) is 31.7. The quantitative estimate of drug-likeness (QED) is 0.280. The molecule has 49 heavy (non-hydrogen) atoms. The third kappa shape index (κ3) is 6.90. The van der Waals surface area contributed by atoms with Gasteiger partial charge >= 0.3 is 0 Å². The maximum absolute atomic E-state index is 12.7. The Kier molecular flexibility index (Phi) is 10.9. The highest BCUT2D eigenvalue weighted by Crippen LogP contribution is 2.53. The highest BCUT2D eigenvalue weighted by atomic mass is 16.1. The van der Waals surface area contributed by atoms with E-state index in [1.54, 1.807) is 12.8 Å². The number of hydrogen-bond acceptors (Lipinski definition) is 4. The van der Waals surface area contributed by atoms with Crippen molar-refractivity contribution in [1.29, 1.82) is 0 Å². The van der Waals surface area contributed by atoms with Crippen molar-refractivity contribution in [2.24, 2.45) is 29.6 Å². The molecule has 0 spiro atoms. The van der Waals surface area contributed by atoms with Crippen molar-refractivity contribution in [3.05, 3.63) is 0 Å². The fourth-order valence-electron chi connectivity index (χ4n) is 15.4. The van der Waals surface area contributed by atoms with Gasteiger partial charge in [-0.3, -0.25) is 19.5 Å². The first-order valence-electron chi connectivity index (χ1n) is 23.1. The predicted octanol–water partition coefficient (Wildman–Crippen LogP) is 10.3. The number of Topliss-reactive ketones (excluding diaryl/α,β-unsaturated/α-hetero) is 1. The molecule has 276 valence electrons. The van der Waals surface area contributed by atoms with Crippen molar-refractivity contribution in [3.8, 4) is 0 Å². The van der Waals surface area contributed by atoms with Gasteiger partial charge in [0.05, 0.1) is 0 Å². The van der Waals surface area contributed by atoms with Gasteiger partial charge in [-0.25, -0.2) is 0 Å². The first kappa shape index (κ1) is 34.3. The van der Waals surface area contributed by atoms with Crippen LogP contribution >= 0.6 is 0 Å². The Labute approximate surface area is 301 Å². The number of carbonyl (C=O) groups excluding carboxylic acids is 1. The van der Waals surface area contributed by atoms with E-state index in [1.165, 1.54) is 173 Å². The number of likely N-dealkylation sites (tertiary alicyclic amines) is 2. The zero-order chi connectivity index (χ0) is 32.7. The first-order chi connectivity index (χ1) is 24.2. The topological polar surface area (TPSA) is 26.8 Å². The third-order valence-corrected chi connectivity index (χ3v) is 17.6. The number of rotatable bonds is 6. The van der Waals surface area contributed by atoms with Crippen LogP contribution in [0.2, 0.25) is 0 Å². The van der Waals surface area contributed by atoms with Gasteiger partial charge in [0.2, 0.25) is 0 Å². The molecule has 2 heterocycles. The SMILES string of the molecule is O=C1CCN(C2CCC(C3CCC(N4C5CCCCC5C5CC(N(C6CCCCC6)C6CCCCC6)CCC54)CC3)CC2)C2CCCCC12. The molecule has 4 nitrogen and oxygen atoms in total. The normalized spacial score (nSPS) is 45.2. The van der Waals surface area contributed by atoms with Crippen LogP contribution in [0.5, 0.6) is 0 Å². The molecule has 4 heteroatoms. The van der Waals surface area contributed by atoms with E-state index in [1.807, 2.05) is 0 Å². The molecule has 0 aromatic rings. The molecule has 7 atom stereocenters. The highest BCUT2D eigenvalue weighted by Gasteiger charge is 2.54. The van der Waals surface area contributed by atoms with Crippen LogP contribution in [0, 0.1) is 29.6 Å². The van der Waals surface area contributed by atoms with Gasteiger partial charge in [-0.1, -0.05) is 64.2 Å². The number of hydrogen-bond donors (Lipinski definition) is 0. The van der Waals surface area contributed by atoms with Crippen molar-refractivity contribution in [2.45, 2.75) is 241 Å². The summed E-state index contributed by atoms with van der Waals surface area (Å²) < 4.78 is 0. The van der Waals surface area contributed by atoms with E-state index < -0.39 is 0 Å². The Hall–Kier alpha value is -0.450. The predicted molar refractivity (Wildman–Crippen MR) is 202 cm³/mol. The zero-order valence-corrected chi connectivity index (χ0v) is 31.7. The fourth-order valence-corrected chi connectivity index (χ4v) is 15.4. The fraction of sp³-hybridized carbons (Fsp3) is 0.978. The van der Waals surface area contributed by atoms with Crippen LogP contribution in [0.25, 0.3) is 0 Å². The Morgan fingerprint density at radius 1 is 0.449 bits per heavy atom. The average molecular weight is 674 g/mol. The number of nitrogens with zero attached hydrogens (tertiary/aromatic N) is 3. The number of piperidine rings is 1. The van der Waals surface area contributed by atoms with Gasteiger partial charge in [0, 0.05) is 67.2 Å². The molecule has 9 aliphatic rings. The molecule has 7 aliphatic carbocycles. The summed E-state index contributed by atoms with van der Waals surface area (Å²) >= 11 is 0. The van der Waals surface area contributed by atoms with Crippen LogP contribution in [0.1, 0.15) is 193 Å². The summed E-state index contributed by atoms with van der Waals surface area (Å²) in [6, 6.07) is 6.84. The Morgan fingerprint density at radius 3 is 1.67 bits per heavy atom. The lowest BCUT2D eigenvalue weighted by Gasteiger charge is -2.51. The summed E-state index contributed by atoms with van der Waals surface area (Å²) in [4.78, 5) is 22.1. The van der Waals surface area contributed by atoms with Gasteiger partial charge in [-0.15, -0.1) is 0 Å². The molecule has 0 N–H and O–H groups in total. The van der Waals surface area contributed by atoms with Crippen molar-refractivity contribution in [3.63, 3.8) is 0 Å². The summed E-state index contributed by atoms with van der Waals surface area (Å²) in [6.07, 6.45) is 43.5. The van der Waals surface area contributed by atoms with Crippen LogP contribution in [0.15, 0.2) is 0 Å². The van der Waals surface area contributed by atoms with E-state index >= 15 is 0 Å². The Morgan fingerprint density at radius 2 is 1.00 bits per heavy atom. The second-order valence-electron chi connectivity index (χ2n) is 19.7. The molecule has 2 saturated heterocycles. The Balaban J connectivity index is 0.819. The minimum Gasteiger partial charge on any atom is -0.299 e. The van der Waals surface area contributed by atoms with Gasteiger partial charge < -0.3 is 0 Å². The standard InChI is InChI=1S/C45H75N3O/c49-45-29-30-46(42-17-9-8-16-40(42)45)34-23-19-32(20-24-34)33-21-25-37(26-22-33)48-43-18-10-7-15-39(43)41-31-38(27-28-44(41)48)47(35-11-3-1-4-12-35)36-13-5-2-6-14-36/h32-44H,1-31H2. The molecule has 9 rings (SSSR count). The van der Waals surface area contributed by atoms with Gasteiger partial charge in [0.1, 0.15) is 5.78 Å². The maximum atomic E-state index is 12.7. The second kappa shape index (κ2) is 15.5. The van der Waals surface area contributed by atoms with Crippen LogP contribution in [0.3, 0.4) is 0 Å². The number of carbonyl (C=O) groups is 1. The molecule has 2 aliphatic heterocycles. The smallest absolute Gasteiger partial charge is 0.138 e. The van der Waals surface area contributed by atoms with Crippen molar-refractivity contribution >= 4 is 5.78 Å². The van der Waals surface area contributed by atoms with Gasteiger partial charge in [-0.2, -0.15) is 0 Å². The van der Waals surface area contributed by atoms with E-state index in [9.17, 15) is 4.79 Å². The molecule has 0 bridgehead atoms. The maximum Gasteiger partial charge on any atom is 0.138 e. The largest absolute Gasteiger partial charge is 0.299 e. The van der Waals surface area contributed by atoms with Crippen LogP contribution in [-0.2, 0) is 4.79 Å². The Bertz CT molecular complexity index is 1060. The van der Waals surface area contributed by atoms with Gasteiger partial charge in [-0.05, 0) is 146 Å². The van der Waals surface area contributed by atoms with E-state index in [4.69, 9.17) is 0 Å². The molecule has 0 aromatic carbocycles. The lowest BCUT2D eigenvalue weighted by molar-refractivity contribution is -0.132. The van der Waals surface area contributed by atoms with E-state index in [2.05, 4.69) is 14.7 Å². The van der Waals surface area contributed by atoms with Crippen LogP contribution in [0.4, 0.5) is 0 Å². The van der Waals surface area contributed by atoms with Crippen molar-refractivity contribution in [1.82, 2.24) is 14.7 Å². The minimum atomic E-state index is 0.382. The summed E-state index contributed by atoms with van der Waals surface area (Å²) in [5.74, 6) is 4.99. The number of ketones is 1.